The predicted molar refractivity (Wildman–Crippen MR) is 124 cm³/mol. The standard InChI is InChI=1S/C25H35N3O/c1-5-9-14-22(13-6-2)25(24(26)29,23-15-11-10-12-16-23)17-20-28(8-4)21-19-27-18-7-3/h6-7,9-16,19,21,27H,2-3,5,8,17-18,20H2,1,4H3,(H2,26,29)/b14-9-,21-19-,22-13+. The van der Waals surface area contributed by atoms with Crippen LogP contribution in [0.3, 0.4) is 0 Å². The lowest BCUT2D eigenvalue weighted by atomic mass is 9.70. The molecule has 0 saturated carbocycles. The summed E-state index contributed by atoms with van der Waals surface area (Å²) in [5.74, 6) is -0.359. The zero-order valence-electron chi connectivity index (χ0n) is 17.8. The van der Waals surface area contributed by atoms with Crippen LogP contribution < -0.4 is 11.1 Å². The van der Waals surface area contributed by atoms with Crippen molar-refractivity contribution in [1.82, 2.24) is 10.2 Å². The molecule has 1 rings (SSSR count). The van der Waals surface area contributed by atoms with Crippen molar-refractivity contribution in [3.63, 3.8) is 0 Å². The van der Waals surface area contributed by atoms with Crippen molar-refractivity contribution >= 4 is 5.91 Å². The van der Waals surface area contributed by atoms with Gasteiger partial charge >= 0.3 is 0 Å². The van der Waals surface area contributed by atoms with Crippen LogP contribution in [0.5, 0.6) is 0 Å². The molecule has 0 aliphatic carbocycles. The first-order valence-electron chi connectivity index (χ1n) is 10.2. The Bertz CT molecular complexity index is 734. The SMILES string of the molecule is C=C/C=C(\C=C/CC)C(CCN(/C=C\NCC=C)CC)(C(N)=O)c1ccccc1. The number of amides is 1. The van der Waals surface area contributed by atoms with Crippen LogP contribution in [0.25, 0.3) is 0 Å². The van der Waals surface area contributed by atoms with Gasteiger partial charge in [-0.05, 0) is 30.9 Å². The lowest BCUT2D eigenvalue weighted by Crippen LogP contribution is -2.44. The Morgan fingerprint density at radius 1 is 1.24 bits per heavy atom. The van der Waals surface area contributed by atoms with E-state index in [0.29, 0.717) is 19.5 Å². The van der Waals surface area contributed by atoms with E-state index < -0.39 is 5.41 Å². The molecule has 0 bridgehead atoms. The summed E-state index contributed by atoms with van der Waals surface area (Å²) >= 11 is 0. The van der Waals surface area contributed by atoms with Gasteiger partial charge in [0.25, 0.3) is 0 Å². The topological polar surface area (TPSA) is 58.4 Å². The number of nitrogens with two attached hydrogens (primary N) is 1. The summed E-state index contributed by atoms with van der Waals surface area (Å²) in [4.78, 5) is 15.1. The van der Waals surface area contributed by atoms with E-state index in [1.165, 1.54) is 0 Å². The Hall–Kier alpha value is -3.01. The molecule has 156 valence electrons. The molecule has 29 heavy (non-hydrogen) atoms. The third-order valence-corrected chi connectivity index (χ3v) is 4.86. The van der Waals surface area contributed by atoms with E-state index in [2.05, 4.69) is 37.2 Å². The summed E-state index contributed by atoms with van der Waals surface area (Å²) in [5, 5.41) is 3.15. The lowest BCUT2D eigenvalue weighted by molar-refractivity contribution is -0.122. The van der Waals surface area contributed by atoms with E-state index in [0.717, 1.165) is 24.1 Å². The van der Waals surface area contributed by atoms with Gasteiger partial charge in [-0.2, -0.15) is 0 Å². The molecule has 1 atom stereocenters. The second kappa shape index (κ2) is 13.2. The molecule has 1 amide bonds. The van der Waals surface area contributed by atoms with Gasteiger partial charge in [-0.15, -0.1) is 6.58 Å². The number of allylic oxidation sites excluding steroid dienone is 4. The molecule has 4 heteroatoms. The van der Waals surface area contributed by atoms with Gasteiger partial charge in [-0.1, -0.05) is 74.2 Å². The van der Waals surface area contributed by atoms with Crippen molar-refractivity contribution in [3.8, 4) is 0 Å². The summed E-state index contributed by atoms with van der Waals surface area (Å²) in [5.41, 5.74) is 6.89. The number of carbonyl (C=O) groups excluding carboxylic acids is 1. The summed E-state index contributed by atoms with van der Waals surface area (Å²) in [6.07, 6.45) is 14.8. The fourth-order valence-electron chi connectivity index (χ4n) is 3.26. The smallest absolute Gasteiger partial charge is 0.232 e. The molecule has 3 N–H and O–H groups in total. The number of rotatable bonds is 14. The zero-order chi connectivity index (χ0) is 21.5. The molecule has 0 aromatic heterocycles. The highest BCUT2D eigenvalue weighted by Gasteiger charge is 2.41. The number of primary amides is 1. The Kier molecular flexibility index (Phi) is 10.9. The lowest BCUT2D eigenvalue weighted by Gasteiger charge is -2.35. The fourth-order valence-corrected chi connectivity index (χ4v) is 3.26. The first-order chi connectivity index (χ1) is 14.1. The molecule has 1 aromatic rings. The van der Waals surface area contributed by atoms with Crippen LogP contribution in [0, 0.1) is 0 Å². The normalized spacial score (nSPS) is 13.9. The highest BCUT2D eigenvalue weighted by Crippen LogP contribution is 2.37. The molecule has 0 aliphatic rings. The summed E-state index contributed by atoms with van der Waals surface area (Å²) < 4.78 is 0. The summed E-state index contributed by atoms with van der Waals surface area (Å²) in [6, 6.07) is 9.77. The van der Waals surface area contributed by atoms with Crippen LogP contribution in [0.15, 0.2) is 91.8 Å². The van der Waals surface area contributed by atoms with E-state index in [9.17, 15) is 4.79 Å². The molecule has 1 unspecified atom stereocenters. The van der Waals surface area contributed by atoms with Crippen molar-refractivity contribution in [1.29, 1.82) is 0 Å². The average molecular weight is 394 g/mol. The number of nitrogens with one attached hydrogen (secondary N) is 1. The average Bonchev–Trinajstić information content (AvgIpc) is 2.74. The molecule has 0 saturated heterocycles. The number of carbonyl (C=O) groups is 1. The van der Waals surface area contributed by atoms with Crippen molar-refractivity contribution in [2.24, 2.45) is 5.73 Å². The first-order valence-corrected chi connectivity index (χ1v) is 10.2. The number of hydrogen-bond donors (Lipinski definition) is 2. The third-order valence-electron chi connectivity index (χ3n) is 4.86. The Balaban J connectivity index is 3.35. The van der Waals surface area contributed by atoms with Crippen molar-refractivity contribution < 1.29 is 4.79 Å². The second-order valence-corrected chi connectivity index (χ2v) is 6.70. The van der Waals surface area contributed by atoms with Gasteiger partial charge in [0.1, 0.15) is 5.41 Å². The van der Waals surface area contributed by atoms with Gasteiger partial charge in [0, 0.05) is 32.0 Å². The largest absolute Gasteiger partial charge is 0.386 e. The molecule has 0 heterocycles. The number of benzene rings is 1. The highest BCUT2D eigenvalue weighted by molar-refractivity contribution is 5.91. The molecular weight excluding hydrogens is 358 g/mol. The third kappa shape index (κ3) is 6.83. The zero-order valence-corrected chi connectivity index (χ0v) is 17.8. The predicted octanol–water partition coefficient (Wildman–Crippen LogP) is 4.45. The molecule has 0 fully saturated rings. The van der Waals surface area contributed by atoms with E-state index in [1.807, 2.05) is 61.0 Å². The Morgan fingerprint density at radius 3 is 2.52 bits per heavy atom. The quantitative estimate of drug-likeness (QED) is 0.279. The van der Waals surface area contributed by atoms with Crippen molar-refractivity contribution in [3.05, 3.63) is 97.4 Å². The maximum Gasteiger partial charge on any atom is 0.232 e. The minimum Gasteiger partial charge on any atom is -0.386 e. The Morgan fingerprint density at radius 2 is 1.97 bits per heavy atom. The summed E-state index contributed by atoms with van der Waals surface area (Å²) in [7, 11) is 0. The molecule has 0 aliphatic heterocycles. The first kappa shape index (κ1) is 24.0. The molecule has 0 spiro atoms. The van der Waals surface area contributed by atoms with Crippen LogP contribution in [-0.2, 0) is 10.2 Å². The molecular formula is C25H35N3O. The van der Waals surface area contributed by atoms with Crippen LogP contribution >= 0.6 is 0 Å². The van der Waals surface area contributed by atoms with E-state index in [4.69, 9.17) is 5.73 Å². The number of nitrogens with zero attached hydrogens (tertiary/aromatic N) is 1. The second-order valence-electron chi connectivity index (χ2n) is 6.70. The van der Waals surface area contributed by atoms with Gasteiger partial charge < -0.3 is 16.0 Å². The van der Waals surface area contributed by atoms with Gasteiger partial charge in [0.05, 0.1) is 0 Å². The molecule has 1 aromatic carbocycles. The number of hydrogen-bond acceptors (Lipinski definition) is 3. The van der Waals surface area contributed by atoms with Crippen LogP contribution in [0.4, 0.5) is 0 Å². The minimum absolute atomic E-state index is 0.359. The monoisotopic (exact) mass is 393 g/mol. The minimum atomic E-state index is -0.934. The van der Waals surface area contributed by atoms with E-state index in [-0.39, 0.29) is 5.91 Å². The van der Waals surface area contributed by atoms with Crippen LogP contribution in [0.2, 0.25) is 0 Å². The van der Waals surface area contributed by atoms with Gasteiger partial charge in [-0.3, -0.25) is 4.79 Å². The molecule has 0 radical (unpaired) electrons. The van der Waals surface area contributed by atoms with Gasteiger partial charge in [0.15, 0.2) is 0 Å². The van der Waals surface area contributed by atoms with Crippen LogP contribution in [-0.4, -0.2) is 30.4 Å². The fraction of sp³-hybridized carbons (Fsp3) is 0.320. The Labute approximate surface area is 176 Å². The maximum absolute atomic E-state index is 13.0. The highest BCUT2D eigenvalue weighted by atomic mass is 16.1. The van der Waals surface area contributed by atoms with E-state index >= 15 is 0 Å². The molecule has 4 nitrogen and oxygen atoms in total. The van der Waals surface area contributed by atoms with E-state index in [1.54, 1.807) is 12.2 Å². The van der Waals surface area contributed by atoms with Gasteiger partial charge in [0.2, 0.25) is 5.91 Å². The van der Waals surface area contributed by atoms with Gasteiger partial charge in [-0.25, -0.2) is 0 Å². The van der Waals surface area contributed by atoms with Crippen molar-refractivity contribution in [2.75, 3.05) is 19.6 Å². The summed E-state index contributed by atoms with van der Waals surface area (Å²) in [6.45, 7) is 13.9. The maximum atomic E-state index is 13.0. The van der Waals surface area contributed by atoms with Crippen LogP contribution in [0.1, 0.15) is 32.3 Å². The van der Waals surface area contributed by atoms with Crippen molar-refractivity contribution in [2.45, 2.75) is 32.1 Å².